The molecule has 2 aromatic rings. The van der Waals surface area contributed by atoms with Gasteiger partial charge in [0.05, 0.1) is 12.1 Å². The van der Waals surface area contributed by atoms with Gasteiger partial charge in [0.2, 0.25) is 11.8 Å². The number of benzene rings is 1. The molecule has 8 nitrogen and oxygen atoms in total. The van der Waals surface area contributed by atoms with Gasteiger partial charge in [-0.15, -0.1) is 0 Å². The van der Waals surface area contributed by atoms with Crippen molar-refractivity contribution in [3.63, 3.8) is 0 Å². The first-order chi connectivity index (χ1) is 18.4. The Hall–Kier alpha value is -3.44. The molecule has 212 valence electrons. The molecule has 2 aliphatic rings. The van der Waals surface area contributed by atoms with E-state index in [4.69, 9.17) is 0 Å². The topological polar surface area (TPSA) is 96.3 Å². The van der Waals surface area contributed by atoms with Crippen molar-refractivity contribution in [3.05, 3.63) is 47.0 Å². The van der Waals surface area contributed by atoms with E-state index in [2.05, 4.69) is 15.7 Å². The normalized spacial score (nSPS) is 16.2. The molecule has 1 atom stereocenters. The van der Waals surface area contributed by atoms with Crippen molar-refractivity contribution in [2.45, 2.75) is 64.7 Å². The highest BCUT2D eigenvalue weighted by molar-refractivity contribution is 6.01. The van der Waals surface area contributed by atoms with Gasteiger partial charge in [0.15, 0.2) is 0 Å². The molecule has 2 N–H and O–H groups in total. The summed E-state index contributed by atoms with van der Waals surface area (Å²) in [6, 6.07) is 3.10. The third-order valence-electron chi connectivity index (χ3n) is 7.40. The predicted molar refractivity (Wildman–Crippen MR) is 135 cm³/mol. The van der Waals surface area contributed by atoms with Crippen LogP contribution in [0.2, 0.25) is 0 Å². The number of aromatic nitrogens is 2. The van der Waals surface area contributed by atoms with Crippen LogP contribution in [0.15, 0.2) is 24.4 Å². The summed E-state index contributed by atoms with van der Waals surface area (Å²) in [6.45, 7) is 2.51. The number of likely N-dealkylation sites (N-methyl/N-ethyl adjacent to an activating group) is 1. The molecular formula is C27H33F4N5O3. The summed E-state index contributed by atoms with van der Waals surface area (Å²) in [5, 5.41) is 9.62. The second-order valence-corrected chi connectivity index (χ2v) is 10.5. The molecule has 0 saturated heterocycles. The number of carbonyl (C=O) groups excluding carboxylic acids is 3. The Kier molecular flexibility index (Phi) is 8.31. The molecule has 0 bridgehead atoms. The minimum atomic E-state index is -4.54. The Balaban J connectivity index is 1.51. The predicted octanol–water partition coefficient (Wildman–Crippen LogP) is 4.09. The van der Waals surface area contributed by atoms with Crippen LogP contribution < -0.4 is 10.6 Å². The van der Waals surface area contributed by atoms with Crippen molar-refractivity contribution in [3.8, 4) is 0 Å². The molecule has 1 heterocycles. The van der Waals surface area contributed by atoms with E-state index in [0.29, 0.717) is 34.5 Å². The van der Waals surface area contributed by atoms with Crippen LogP contribution in [-0.2, 0) is 22.6 Å². The maximum Gasteiger partial charge on any atom is 0.406 e. The number of anilines is 1. The van der Waals surface area contributed by atoms with Crippen LogP contribution in [0.4, 0.5) is 23.2 Å². The number of nitrogens with zero attached hydrogens (tertiary/aromatic N) is 3. The van der Waals surface area contributed by atoms with Gasteiger partial charge >= 0.3 is 6.18 Å². The standard InChI is InChI=1S/C27H33F4N5O3/c1-4-36-21(9-10-32-36)25(38)34-24(23(16-5-6-16)17-7-8-17)26(39)33-20-11-15(2)18(12-19(20)28)13-22(37)35(3)14-27(29,30)31/h9-12,16-17,23-24H,4-8,13-14H2,1-3H3,(H,33,39)(H,34,38). The molecule has 4 rings (SSSR count). The summed E-state index contributed by atoms with van der Waals surface area (Å²) in [7, 11) is 1.04. The third-order valence-corrected chi connectivity index (χ3v) is 7.40. The Bertz CT molecular complexity index is 1220. The Morgan fingerprint density at radius 1 is 1.15 bits per heavy atom. The van der Waals surface area contributed by atoms with E-state index in [1.54, 1.807) is 13.0 Å². The molecule has 39 heavy (non-hydrogen) atoms. The van der Waals surface area contributed by atoms with Gasteiger partial charge in [-0.05, 0) is 86.6 Å². The molecule has 0 aliphatic heterocycles. The summed E-state index contributed by atoms with van der Waals surface area (Å²) in [5.74, 6) is -2.07. The van der Waals surface area contributed by atoms with E-state index in [9.17, 15) is 27.6 Å². The van der Waals surface area contributed by atoms with Gasteiger partial charge < -0.3 is 15.5 Å². The molecule has 0 radical (unpaired) electrons. The average molecular weight is 552 g/mol. The van der Waals surface area contributed by atoms with Crippen LogP contribution in [0.5, 0.6) is 0 Å². The fourth-order valence-electron chi connectivity index (χ4n) is 5.10. The number of halogens is 4. The van der Waals surface area contributed by atoms with Crippen LogP contribution >= 0.6 is 0 Å². The smallest absolute Gasteiger partial charge is 0.339 e. The molecule has 3 amide bonds. The Labute approximate surface area is 224 Å². The zero-order chi connectivity index (χ0) is 28.5. The van der Waals surface area contributed by atoms with Crippen molar-refractivity contribution >= 4 is 23.4 Å². The first-order valence-corrected chi connectivity index (χ1v) is 13.1. The van der Waals surface area contributed by atoms with E-state index < -0.39 is 48.7 Å². The van der Waals surface area contributed by atoms with Crippen molar-refractivity contribution < 1.29 is 31.9 Å². The minimum absolute atomic E-state index is 0.0721. The molecule has 1 unspecified atom stereocenters. The van der Waals surface area contributed by atoms with Crippen LogP contribution in [0.3, 0.4) is 0 Å². The average Bonchev–Trinajstić information content (AvgIpc) is 3.80. The largest absolute Gasteiger partial charge is 0.406 e. The highest BCUT2D eigenvalue weighted by atomic mass is 19.4. The fraction of sp³-hybridized carbons (Fsp3) is 0.556. The number of hydrogen-bond acceptors (Lipinski definition) is 4. The van der Waals surface area contributed by atoms with Crippen LogP contribution in [0.1, 0.15) is 54.2 Å². The molecule has 2 aliphatic carbocycles. The second-order valence-electron chi connectivity index (χ2n) is 10.5. The highest BCUT2D eigenvalue weighted by Gasteiger charge is 2.48. The van der Waals surface area contributed by atoms with Crippen molar-refractivity contribution in [2.24, 2.45) is 17.8 Å². The van der Waals surface area contributed by atoms with Gasteiger partial charge in [-0.2, -0.15) is 18.3 Å². The molecule has 2 fully saturated rings. The Morgan fingerprint density at radius 3 is 2.36 bits per heavy atom. The van der Waals surface area contributed by atoms with Crippen LogP contribution in [0.25, 0.3) is 0 Å². The van der Waals surface area contributed by atoms with Crippen LogP contribution in [-0.4, -0.2) is 58.2 Å². The van der Waals surface area contributed by atoms with E-state index in [1.165, 1.54) is 16.9 Å². The number of alkyl halides is 3. The SMILES string of the molecule is CCn1nccc1C(=O)NC(C(=O)Nc1cc(C)c(CC(=O)N(C)CC(F)(F)F)cc1F)C(C1CC1)C1CC1. The third kappa shape index (κ3) is 7.15. The van der Waals surface area contributed by atoms with Gasteiger partial charge in [0.25, 0.3) is 5.91 Å². The van der Waals surface area contributed by atoms with Crippen LogP contribution in [0, 0.1) is 30.5 Å². The molecule has 12 heteroatoms. The zero-order valence-electron chi connectivity index (χ0n) is 22.1. The summed E-state index contributed by atoms with van der Waals surface area (Å²) >= 11 is 0. The van der Waals surface area contributed by atoms with E-state index in [1.807, 2.05) is 6.92 Å². The maximum absolute atomic E-state index is 15.1. The van der Waals surface area contributed by atoms with Gasteiger partial charge in [-0.25, -0.2) is 4.39 Å². The van der Waals surface area contributed by atoms with E-state index in [0.717, 1.165) is 38.8 Å². The number of carbonyl (C=O) groups is 3. The van der Waals surface area contributed by atoms with Gasteiger partial charge in [0, 0.05) is 19.8 Å². The lowest BCUT2D eigenvalue weighted by atomic mass is 9.88. The second kappa shape index (κ2) is 11.4. The fourth-order valence-corrected chi connectivity index (χ4v) is 5.10. The van der Waals surface area contributed by atoms with Gasteiger partial charge in [-0.3, -0.25) is 19.1 Å². The number of rotatable bonds is 11. The zero-order valence-corrected chi connectivity index (χ0v) is 22.1. The molecule has 1 aromatic heterocycles. The van der Waals surface area contributed by atoms with Gasteiger partial charge in [0.1, 0.15) is 24.1 Å². The molecule has 2 saturated carbocycles. The molecular weight excluding hydrogens is 518 g/mol. The summed E-state index contributed by atoms with van der Waals surface area (Å²) < 4.78 is 54.5. The Morgan fingerprint density at radius 2 is 1.79 bits per heavy atom. The first kappa shape index (κ1) is 28.6. The monoisotopic (exact) mass is 551 g/mol. The number of hydrogen-bond donors (Lipinski definition) is 2. The summed E-state index contributed by atoms with van der Waals surface area (Å²) in [6.07, 6.45) is 0.412. The van der Waals surface area contributed by atoms with Crippen molar-refractivity contribution in [2.75, 3.05) is 18.9 Å². The highest BCUT2D eigenvalue weighted by Crippen LogP contribution is 2.51. The number of aryl methyl sites for hydroxylation is 2. The lowest BCUT2D eigenvalue weighted by Crippen LogP contribution is -2.50. The summed E-state index contributed by atoms with van der Waals surface area (Å²) in [5.41, 5.74) is 0.859. The lowest BCUT2D eigenvalue weighted by Gasteiger charge is -2.28. The van der Waals surface area contributed by atoms with Crippen molar-refractivity contribution in [1.29, 1.82) is 0 Å². The van der Waals surface area contributed by atoms with E-state index in [-0.39, 0.29) is 17.2 Å². The minimum Gasteiger partial charge on any atom is -0.339 e. The number of nitrogens with one attached hydrogen (secondary N) is 2. The van der Waals surface area contributed by atoms with Gasteiger partial charge in [-0.1, -0.05) is 0 Å². The molecule has 1 aromatic carbocycles. The number of amides is 3. The maximum atomic E-state index is 15.1. The summed E-state index contributed by atoms with van der Waals surface area (Å²) in [4.78, 5) is 39.5. The van der Waals surface area contributed by atoms with E-state index >= 15 is 4.39 Å². The molecule has 0 spiro atoms. The first-order valence-electron chi connectivity index (χ1n) is 13.1. The lowest BCUT2D eigenvalue weighted by molar-refractivity contribution is -0.157. The quantitative estimate of drug-likeness (QED) is 0.412. The van der Waals surface area contributed by atoms with Crippen molar-refractivity contribution in [1.82, 2.24) is 20.0 Å².